The molecule has 2 atom stereocenters. The number of piperazine rings is 1. The lowest BCUT2D eigenvalue weighted by Gasteiger charge is -2.40. The number of likely N-dealkylation sites (N-methyl/N-ethyl adjacent to an activating group) is 1. The Kier molecular flexibility index (Phi) is 5.17. The second-order valence-corrected chi connectivity index (χ2v) is 5.41. The first-order chi connectivity index (χ1) is 8.84. The molecule has 0 saturated carbocycles. The molecule has 1 saturated heterocycles. The topological polar surface area (TPSA) is 72.9 Å². The van der Waals surface area contributed by atoms with Crippen LogP contribution in [0.3, 0.4) is 0 Å². The zero-order valence-electron chi connectivity index (χ0n) is 12.3. The van der Waals surface area contributed by atoms with E-state index in [4.69, 9.17) is 0 Å². The molecule has 0 bridgehead atoms. The molecule has 1 fully saturated rings. The van der Waals surface area contributed by atoms with E-state index in [-0.39, 0.29) is 6.03 Å². The van der Waals surface area contributed by atoms with Gasteiger partial charge in [-0.15, -0.1) is 0 Å². The Balaban J connectivity index is 2.66. The Bertz CT molecular complexity index is 348. The fourth-order valence-corrected chi connectivity index (χ4v) is 2.18. The van der Waals surface area contributed by atoms with Gasteiger partial charge in [-0.2, -0.15) is 0 Å². The maximum absolute atomic E-state index is 12.2. The van der Waals surface area contributed by atoms with Crippen molar-refractivity contribution in [2.24, 2.45) is 0 Å². The fraction of sp³-hybridized carbons (Fsp3) is 0.846. The number of hydrogen-bond donors (Lipinski definition) is 2. The van der Waals surface area contributed by atoms with Crippen LogP contribution in [0.15, 0.2) is 0 Å². The van der Waals surface area contributed by atoms with Gasteiger partial charge >= 0.3 is 12.0 Å². The summed E-state index contributed by atoms with van der Waals surface area (Å²) >= 11 is 0. The van der Waals surface area contributed by atoms with Gasteiger partial charge in [0.25, 0.3) is 0 Å². The van der Waals surface area contributed by atoms with Gasteiger partial charge in [-0.1, -0.05) is 13.8 Å². The summed E-state index contributed by atoms with van der Waals surface area (Å²) in [5.41, 5.74) is -1.19. The SMILES string of the molecule is CCC1CN(C(=O)NC(C)(CC)C(=O)O)CCN1C. The zero-order chi connectivity index (χ0) is 14.6. The summed E-state index contributed by atoms with van der Waals surface area (Å²) in [6, 6.07) is 0.0653. The first-order valence-electron chi connectivity index (χ1n) is 6.84. The fourth-order valence-electron chi connectivity index (χ4n) is 2.18. The van der Waals surface area contributed by atoms with Crippen LogP contribution < -0.4 is 5.32 Å². The minimum atomic E-state index is -1.19. The molecule has 1 heterocycles. The molecule has 0 aromatic rings. The van der Waals surface area contributed by atoms with Crippen molar-refractivity contribution in [3.63, 3.8) is 0 Å². The molecular weight excluding hydrogens is 246 g/mol. The van der Waals surface area contributed by atoms with E-state index in [2.05, 4.69) is 24.2 Å². The molecule has 2 amide bonds. The molecule has 1 aliphatic rings. The van der Waals surface area contributed by atoms with Crippen LogP contribution in [0.25, 0.3) is 0 Å². The Hall–Kier alpha value is -1.30. The van der Waals surface area contributed by atoms with E-state index in [1.807, 2.05) is 0 Å². The maximum atomic E-state index is 12.2. The number of carbonyl (C=O) groups is 2. The van der Waals surface area contributed by atoms with Crippen molar-refractivity contribution in [3.8, 4) is 0 Å². The van der Waals surface area contributed by atoms with E-state index in [1.54, 1.807) is 18.7 Å². The number of urea groups is 1. The van der Waals surface area contributed by atoms with Crippen molar-refractivity contribution in [2.75, 3.05) is 26.7 Å². The van der Waals surface area contributed by atoms with Crippen molar-refractivity contribution < 1.29 is 14.7 Å². The van der Waals surface area contributed by atoms with E-state index in [1.165, 1.54) is 0 Å². The van der Waals surface area contributed by atoms with Gasteiger partial charge < -0.3 is 15.3 Å². The number of hydrogen-bond acceptors (Lipinski definition) is 3. The highest BCUT2D eigenvalue weighted by molar-refractivity contribution is 5.85. The second kappa shape index (κ2) is 6.23. The molecule has 1 rings (SSSR count). The summed E-state index contributed by atoms with van der Waals surface area (Å²) < 4.78 is 0. The van der Waals surface area contributed by atoms with Crippen LogP contribution in [-0.2, 0) is 4.79 Å². The summed E-state index contributed by atoms with van der Waals surface area (Å²) in [6.45, 7) is 7.50. The predicted molar refractivity (Wildman–Crippen MR) is 73.1 cm³/mol. The largest absolute Gasteiger partial charge is 0.480 e. The predicted octanol–water partition coefficient (Wildman–Crippen LogP) is 0.975. The van der Waals surface area contributed by atoms with Crippen molar-refractivity contribution in [1.82, 2.24) is 15.1 Å². The molecule has 110 valence electrons. The van der Waals surface area contributed by atoms with E-state index in [9.17, 15) is 14.7 Å². The van der Waals surface area contributed by atoms with Gasteiger partial charge in [-0.05, 0) is 26.8 Å². The first kappa shape index (κ1) is 15.8. The summed E-state index contributed by atoms with van der Waals surface area (Å²) in [6.07, 6.45) is 1.34. The molecule has 0 aromatic carbocycles. The van der Waals surface area contributed by atoms with Gasteiger partial charge in [0.1, 0.15) is 5.54 Å². The number of amides is 2. The zero-order valence-corrected chi connectivity index (χ0v) is 12.3. The van der Waals surface area contributed by atoms with Crippen LogP contribution in [0.5, 0.6) is 0 Å². The highest BCUT2D eigenvalue weighted by Gasteiger charge is 2.35. The lowest BCUT2D eigenvalue weighted by Crippen LogP contribution is -2.60. The van der Waals surface area contributed by atoms with Crippen molar-refractivity contribution in [1.29, 1.82) is 0 Å². The van der Waals surface area contributed by atoms with Crippen molar-refractivity contribution in [3.05, 3.63) is 0 Å². The average molecular weight is 271 g/mol. The lowest BCUT2D eigenvalue weighted by molar-refractivity contribution is -0.143. The minimum Gasteiger partial charge on any atom is -0.480 e. The Morgan fingerprint density at radius 2 is 2.00 bits per heavy atom. The highest BCUT2D eigenvalue weighted by Crippen LogP contribution is 2.14. The molecule has 1 aliphatic heterocycles. The quantitative estimate of drug-likeness (QED) is 0.799. The summed E-state index contributed by atoms with van der Waals surface area (Å²) in [5, 5.41) is 11.8. The first-order valence-corrected chi connectivity index (χ1v) is 6.84. The van der Waals surface area contributed by atoms with Crippen LogP contribution in [0.1, 0.15) is 33.6 Å². The van der Waals surface area contributed by atoms with Crippen LogP contribution in [0.4, 0.5) is 4.79 Å². The van der Waals surface area contributed by atoms with Gasteiger partial charge in [0.05, 0.1) is 0 Å². The van der Waals surface area contributed by atoms with Crippen LogP contribution >= 0.6 is 0 Å². The number of nitrogens with one attached hydrogen (secondary N) is 1. The Labute approximate surface area is 114 Å². The van der Waals surface area contributed by atoms with Gasteiger partial charge in [-0.25, -0.2) is 9.59 Å². The monoisotopic (exact) mass is 271 g/mol. The molecule has 6 heteroatoms. The minimum absolute atomic E-state index is 0.279. The van der Waals surface area contributed by atoms with Gasteiger partial charge in [-0.3, -0.25) is 4.90 Å². The summed E-state index contributed by atoms with van der Waals surface area (Å²) in [7, 11) is 2.05. The maximum Gasteiger partial charge on any atom is 0.329 e. The molecule has 2 unspecified atom stereocenters. The average Bonchev–Trinajstić information content (AvgIpc) is 2.38. The number of aliphatic carboxylic acids is 1. The molecule has 6 nitrogen and oxygen atoms in total. The Morgan fingerprint density at radius 1 is 1.37 bits per heavy atom. The molecule has 0 aliphatic carbocycles. The molecule has 0 radical (unpaired) electrons. The molecule has 2 N–H and O–H groups in total. The van der Waals surface area contributed by atoms with Crippen LogP contribution in [-0.4, -0.2) is 65.2 Å². The van der Waals surface area contributed by atoms with Gasteiger partial charge in [0.15, 0.2) is 0 Å². The number of rotatable bonds is 4. The van der Waals surface area contributed by atoms with Crippen molar-refractivity contribution >= 4 is 12.0 Å². The third-order valence-corrected chi connectivity index (χ3v) is 4.10. The molecule has 19 heavy (non-hydrogen) atoms. The van der Waals surface area contributed by atoms with E-state index in [0.717, 1.165) is 13.0 Å². The Morgan fingerprint density at radius 3 is 2.47 bits per heavy atom. The summed E-state index contributed by atoms with van der Waals surface area (Å²) in [4.78, 5) is 27.3. The van der Waals surface area contributed by atoms with Gasteiger partial charge in [0, 0.05) is 25.7 Å². The van der Waals surface area contributed by atoms with Gasteiger partial charge in [0.2, 0.25) is 0 Å². The normalized spacial score (nSPS) is 23.8. The second-order valence-electron chi connectivity index (χ2n) is 5.41. The third-order valence-electron chi connectivity index (χ3n) is 4.10. The van der Waals surface area contributed by atoms with Crippen LogP contribution in [0, 0.1) is 0 Å². The standard InChI is InChI=1S/C13H25N3O3/c1-5-10-9-16(8-7-15(10)4)12(19)14-13(3,6-2)11(17)18/h10H,5-9H2,1-4H3,(H,14,19)(H,17,18). The smallest absolute Gasteiger partial charge is 0.329 e. The van der Waals surface area contributed by atoms with E-state index >= 15 is 0 Å². The third kappa shape index (κ3) is 3.59. The molecule has 0 spiro atoms. The highest BCUT2D eigenvalue weighted by atomic mass is 16.4. The van der Waals surface area contributed by atoms with Crippen molar-refractivity contribution in [2.45, 2.75) is 45.2 Å². The summed E-state index contributed by atoms with van der Waals surface area (Å²) in [5.74, 6) is -0.996. The van der Waals surface area contributed by atoms with E-state index in [0.29, 0.717) is 25.6 Å². The number of nitrogens with zero attached hydrogens (tertiary/aromatic N) is 2. The number of carboxylic acids is 1. The lowest BCUT2D eigenvalue weighted by atomic mass is 9.99. The number of carbonyl (C=O) groups excluding carboxylic acids is 1. The number of carboxylic acid groups (broad SMARTS) is 1. The van der Waals surface area contributed by atoms with Crippen LogP contribution in [0.2, 0.25) is 0 Å². The molecule has 0 aromatic heterocycles. The molecular formula is C13H25N3O3. The van der Waals surface area contributed by atoms with E-state index < -0.39 is 11.5 Å².